The lowest BCUT2D eigenvalue weighted by molar-refractivity contribution is 0.0918. The van der Waals surface area contributed by atoms with Crippen LogP contribution in [0, 0.1) is 16.7 Å². The zero-order valence-electron chi connectivity index (χ0n) is 8.95. The highest BCUT2D eigenvalue weighted by molar-refractivity contribution is 4.79. The van der Waals surface area contributed by atoms with Crippen molar-refractivity contribution in [3.63, 3.8) is 0 Å². The normalized spacial score (nSPS) is 13.6. The molecule has 0 aliphatic heterocycles. The molecule has 1 atom stereocenters. The molecule has 0 fully saturated rings. The smallest absolute Gasteiger partial charge is 0.0894 e. The van der Waals surface area contributed by atoms with Gasteiger partial charge in [-0.3, -0.25) is 0 Å². The lowest BCUT2D eigenvalue weighted by atomic mass is 9.88. The van der Waals surface area contributed by atoms with Gasteiger partial charge in [-0.15, -0.1) is 0 Å². The topological polar surface area (TPSA) is 76.3 Å². The molecule has 0 saturated carbocycles. The number of nitrogens with one attached hydrogen (secondary N) is 1. The van der Waals surface area contributed by atoms with Gasteiger partial charge in [0.15, 0.2) is 0 Å². The zero-order valence-corrected chi connectivity index (χ0v) is 8.95. The van der Waals surface area contributed by atoms with E-state index in [0.717, 1.165) is 13.0 Å². The maximum atomic E-state index is 9.07. The van der Waals surface area contributed by atoms with E-state index in [4.69, 9.17) is 15.5 Å². The summed E-state index contributed by atoms with van der Waals surface area (Å²) in [6.07, 6.45) is 0.699. The van der Waals surface area contributed by atoms with Crippen molar-refractivity contribution in [1.29, 1.82) is 5.26 Å². The van der Waals surface area contributed by atoms with E-state index >= 15 is 0 Å². The Labute approximate surface area is 85.6 Å². The minimum absolute atomic E-state index is 0.0604. The Kier molecular flexibility index (Phi) is 6.46. The third-order valence-corrected chi connectivity index (χ3v) is 2.11. The van der Waals surface area contributed by atoms with Crippen LogP contribution < -0.4 is 5.32 Å². The molecule has 0 aliphatic rings. The number of hydrogen-bond acceptors (Lipinski definition) is 4. The van der Waals surface area contributed by atoms with Crippen LogP contribution in [0.5, 0.6) is 0 Å². The van der Waals surface area contributed by atoms with Crippen LogP contribution in [-0.2, 0) is 0 Å². The molecular weight excluding hydrogens is 180 g/mol. The molecule has 0 aliphatic carbocycles. The Balaban J connectivity index is 3.60. The minimum Gasteiger partial charge on any atom is -0.394 e. The second kappa shape index (κ2) is 6.77. The van der Waals surface area contributed by atoms with Gasteiger partial charge < -0.3 is 15.5 Å². The summed E-state index contributed by atoms with van der Waals surface area (Å²) in [4.78, 5) is 0. The van der Waals surface area contributed by atoms with Crippen molar-refractivity contribution >= 4 is 0 Å². The van der Waals surface area contributed by atoms with E-state index in [-0.39, 0.29) is 12.0 Å². The van der Waals surface area contributed by atoms with Crippen LogP contribution in [0.1, 0.15) is 26.7 Å². The Morgan fingerprint density at radius 3 is 2.64 bits per heavy atom. The van der Waals surface area contributed by atoms with Crippen molar-refractivity contribution in [3.8, 4) is 6.07 Å². The third kappa shape index (κ3) is 6.84. The summed E-state index contributed by atoms with van der Waals surface area (Å²) >= 11 is 0. The fourth-order valence-electron chi connectivity index (χ4n) is 1.12. The van der Waals surface area contributed by atoms with Crippen LogP contribution >= 0.6 is 0 Å². The minimum atomic E-state index is -0.693. The van der Waals surface area contributed by atoms with Crippen molar-refractivity contribution in [2.45, 2.75) is 32.8 Å². The van der Waals surface area contributed by atoms with Gasteiger partial charge in [0.2, 0.25) is 0 Å². The lowest BCUT2D eigenvalue weighted by Gasteiger charge is -2.24. The van der Waals surface area contributed by atoms with Gasteiger partial charge in [0.25, 0.3) is 0 Å². The van der Waals surface area contributed by atoms with Crippen LogP contribution in [0.4, 0.5) is 0 Å². The molecule has 0 spiro atoms. The third-order valence-electron chi connectivity index (χ3n) is 2.11. The standard InChI is InChI=1S/C10H20N2O2/c1-10(2,4-3-5-11)8-12-6-9(14)7-13/h9,12-14H,3-4,6-8H2,1-2H3. The molecule has 4 heteroatoms. The molecular formula is C10H20N2O2. The highest BCUT2D eigenvalue weighted by Gasteiger charge is 2.17. The predicted molar refractivity (Wildman–Crippen MR) is 54.6 cm³/mol. The monoisotopic (exact) mass is 200 g/mol. The molecule has 0 bridgehead atoms. The molecule has 0 amide bonds. The molecule has 0 saturated heterocycles. The Morgan fingerprint density at radius 1 is 1.50 bits per heavy atom. The SMILES string of the molecule is CC(C)(CCC#N)CNCC(O)CO. The van der Waals surface area contributed by atoms with E-state index in [2.05, 4.69) is 25.2 Å². The first kappa shape index (κ1) is 13.4. The molecule has 0 aromatic rings. The summed E-state index contributed by atoms with van der Waals surface area (Å²) in [6.45, 7) is 5.06. The summed E-state index contributed by atoms with van der Waals surface area (Å²) in [5.74, 6) is 0. The molecule has 3 N–H and O–H groups in total. The number of aliphatic hydroxyl groups excluding tert-OH is 2. The Bertz CT molecular complexity index is 187. The molecule has 0 rings (SSSR count). The quantitative estimate of drug-likeness (QED) is 0.551. The number of hydrogen-bond donors (Lipinski definition) is 3. The van der Waals surface area contributed by atoms with Gasteiger partial charge in [0.05, 0.1) is 18.8 Å². The second-order valence-electron chi connectivity index (χ2n) is 4.29. The Morgan fingerprint density at radius 2 is 2.14 bits per heavy atom. The summed E-state index contributed by atoms with van der Waals surface area (Å²) in [5, 5.41) is 29.1. The molecule has 82 valence electrons. The molecule has 14 heavy (non-hydrogen) atoms. The van der Waals surface area contributed by atoms with E-state index in [1.165, 1.54) is 0 Å². The highest BCUT2D eigenvalue weighted by Crippen LogP contribution is 2.20. The molecule has 0 aromatic carbocycles. The fourth-order valence-corrected chi connectivity index (χ4v) is 1.12. The van der Waals surface area contributed by atoms with Crippen molar-refractivity contribution in [3.05, 3.63) is 0 Å². The number of aliphatic hydroxyl groups is 2. The highest BCUT2D eigenvalue weighted by atomic mass is 16.3. The van der Waals surface area contributed by atoms with E-state index in [0.29, 0.717) is 13.0 Å². The maximum Gasteiger partial charge on any atom is 0.0894 e. The van der Waals surface area contributed by atoms with Crippen LogP contribution in [0.25, 0.3) is 0 Å². The number of rotatable bonds is 7. The van der Waals surface area contributed by atoms with Crippen LogP contribution in [-0.4, -0.2) is 36.0 Å². The number of nitriles is 1. The predicted octanol–water partition coefficient (Wildman–Crippen LogP) is 0.259. The van der Waals surface area contributed by atoms with Gasteiger partial charge >= 0.3 is 0 Å². The first-order valence-corrected chi connectivity index (χ1v) is 4.88. The molecule has 1 unspecified atom stereocenters. The van der Waals surface area contributed by atoms with Gasteiger partial charge in [-0.25, -0.2) is 0 Å². The molecule has 0 heterocycles. The van der Waals surface area contributed by atoms with E-state index in [9.17, 15) is 0 Å². The van der Waals surface area contributed by atoms with Gasteiger partial charge in [-0.2, -0.15) is 5.26 Å². The van der Waals surface area contributed by atoms with Crippen molar-refractivity contribution < 1.29 is 10.2 Å². The van der Waals surface area contributed by atoms with Crippen LogP contribution in [0.15, 0.2) is 0 Å². The van der Waals surface area contributed by atoms with Crippen LogP contribution in [0.3, 0.4) is 0 Å². The first-order chi connectivity index (χ1) is 6.52. The van der Waals surface area contributed by atoms with Gasteiger partial charge in [0, 0.05) is 19.5 Å². The molecule has 4 nitrogen and oxygen atoms in total. The van der Waals surface area contributed by atoms with Gasteiger partial charge in [-0.05, 0) is 11.8 Å². The lowest BCUT2D eigenvalue weighted by Crippen LogP contribution is -2.36. The first-order valence-electron chi connectivity index (χ1n) is 4.88. The van der Waals surface area contributed by atoms with Crippen molar-refractivity contribution in [1.82, 2.24) is 5.32 Å². The van der Waals surface area contributed by atoms with Crippen molar-refractivity contribution in [2.24, 2.45) is 5.41 Å². The van der Waals surface area contributed by atoms with E-state index in [1.54, 1.807) is 0 Å². The zero-order chi connectivity index (χ0) is 11.0. The summed E-state index contributed by atoms with van der Waals surface area (Å²) in [7, 11) is 0. The number of nitrogens with zero attached hydrogens (tertiary/aromatic N) is 1. The van der Waals surface area contributed by atoms with E-state index < -0.39 is 6.10 Å². The van der Waals surface area contributed by atoms with Gasteiger partial charge in [0.1, 0.15) is 0 Å². The fraction of sp³-hybridized carbons (Fsp3) is 0.900. The summed E-state index contributed by atoms with van der Waals surface area (Å²) < 4.78 is 0. The average molecular weight is 200 g/mol. The molecule has 0 radical (unpaired) electrons. The Hall–Kier alpha value is -0.630. The summed E-state index contributed by atoms with van der Waals surface area (Å²) in [6, 6.07) is 2.12. The van der Waals surface area contributed by atoms with Crippen LogP contribution in [0.2, 0.25) is 0 Å². The van der Waals surface area contributed by atoms with Gasteiger partial charge in [-0.1, -0.05) is 13.8 Å². The largest absolute Gasteiger partial charge is 0.394 e. The van der Waals surface area contributed by atoms with Crippen molar-refractivity contribution in [2.75, 3.05) is 19.7 Å². The van der Waals surface area contributed by atoms with E-state index in [1.807, 2.05) is 0 Å². The molecule has 0 aromatic heterocycles. The second-order valence-corrected chi connectivity index (χ2v) is 4.29. The average Bonchev–Trinajstić information content (AvgIpc) is 2.14. The summed E-state index contributed by atoms with van der Waals surface area (Å²) in [5.41, 5.74) is 0.0604. The maximum absolute atomic E-state index is 9.07.